The zero-order chi connectivity index (χ0) is 23.8. The molecule has 0 aromatic heterocycles. The van der Waals surface area contributed by atoms with Gasteiger partial charge in [0.2, 0.25) is 5.91 Å². The van der Waals surface area contributed by atoms with E-state index < -0.39 is 5.54 Å². The Kier molecular flexibility index (Phi) is 6.23. The molecular weight excluding hydrogens is 416 g/mol. The highest BCUT2D eigenvalue weighted by atomic mass is 16.2. The molecule has 3 amide bonds. The quantitative estimate of drug-likeness (QED) is 0.747. The lowest BCUT2D eigenvalue weighted by molar-refractivity contribution is -0.133. The Morgan fingerprint density at radius 2 is 1.79 bits per heavy atom. The van der Waals surface area contributed by atoms with Gasteiger partial charge in [0.05, 0.1) is 6.42 Å². The molecule has 0 spiro atoms. The summed E-state index contributed by atoms with van der Waals surface area (Å²) >= 11 is 0. The smallest absolute Gasteiger partial charge is 0.254 e. The Labute approximate surface area is 195 Å². The van der Waals surface area contributed by atoms with Crippen LogP contribution in [0, 0.1) is 13.8 Å². The molecule has 1 unspecified atom stereocenters. The van der Waals surface area contributed by atoms with Gasteiger partial charge in [-0.05, 0) is 75.4 Å². The van der Waals surface area contributed by atoms with E-state index in [4.69, 9.17) is 0 Å². The highest BCUT2D eigenvalue weighted by Crippen LogP contribution is 2.33. The minimum absolute atomic E-state index is 0.0570. The summed E-state index contributed by atoms with van der Waals surface area (Å²) in [5.41, 5.74) is 2.43. The highest BCUT2D eigenvalue weighted by Gasteiger charge is 2.48. The van der Waals surface area contributed by atoms with Crippen molar-refractivity contribution in [2.75, 3.05) is 11.4 Å². The molecule has 0 radical (unpaired) electrons. The average molecular weight is 449 g/mol. The Morgan fingerprint density at radius 3 is 2.45 bits per heavy atom. The number of amides is 3. The van der Waals surface area contributed by atoms with Crippen molar-refractivity contribution in [3.05, 3.63) is 53.3 Å². The molecule has 1 aromatic carbocycles. The van der Waals surface area contributed by atoms with Gasteiger partial charge in [0, 0.05) is 17.9 Å². The van der Waals surface area contributed by atoms with E-state index in [0.717, 1.165) is 42.4 Å². The molecule has 1 aliphatic carbocycles. The third-order valence-corrected chi connectivity index (χ3v) is 6.59. The second-order valence-corrected chi connectivity index (χ2v) is 9.68. The van der Waals surface area contributed by atoms with Gasteiger partial charge >= 0.3 is 0 Å². The minimum atomic E-state index is -1.19. The first-order valence-electron chi connectivity index (χ1n) is 11.6. The lowest BCUT2D eigenvalue weighted by atomic mass is 9.89. The summed E-state index contributed by atoms with van der Waals surface area (Å²) in [6, 6.07) is 6.02. The van der Waals surface area contributed by atoms with Crippen LogP contribution in [0.1, 0.15) is 57.1 Å². The first-order chi connectivity index (χ1) is 15.7. The van der Waals surface area contributed by atoms with Crippen LogP contribution >= 0.6 is 0 Å². The SMILES string of the molecule is CC1=CN2C(=NC(=O)CC2(C)C(=O)N(CC(=O)NC2CCCC2)c2cc(C)cc(C)c2)C=C1. The standard InChI is InChI=1S/C26H32N4O3/c1-17-9-10-22-28-23(31)14-26(4,30(22)15-17)25(33)29(21-12-18(2)11-19(3)13-21)16-24(32)27-20-7-5-6-8-20/h9-13,15,20H,5-8,14,16H2,1-4H3,(H,27,32). The van der Waals surface area contributed by atoms with Crippen LogP contribution in [0.2, 0.25) is 0 Å². The normalized spacial score (nSPS) is 22.5. The van der Waals surface area contributed by atoms with Crippen molar-refractivity contribution in [1.29, 1.82) is 0 Å². The summed E-state index contributed by atoms with van der Waals surface area (Å²) in [6.45, 7) is 7.54. The van der Waals surface area contributed by atoms with E-state index in [1.165, 1.54) is 4.90 Å². The molecule has 1 aromatic rings. The molecule has 0 saturated heterocycles. The number of aryl methyl sites for hydroxylation is 2. The molecule has 2 heterocycles. The number of carbonyl (C=O) groups excluding carboxylic acids is 3. The van der Waals surface area contributed by atoms with Gasteiger partial charge in [0.1, 0.15) is 17.9 Å². The molecule has 7 nitrogen and oxygen atoms in total. The van der Waals surface area contributed by atoms with Gasteiger partial charge in [-0.3, -0.25) is 14.4 Å². The fourth-order valence-corrected chi connectivity index (χ4v) is 4.98. The maximum absolute atomic E-state index is 14.2. The lowest BCUT2D eigenvalue weighted by Gasteiger charge is -2.44. The van der Waals surface area contributed by atoms with Crippen LogP contribution in [-0.2, 0) is 14.4 Å². The average Bonchev–Trinajstić information content (AvgIpc) is 3.24. The summed E-state index contributed by atoms with van der Waals surface area (Å²) in [4.78, 5) is 47.1. The molecule has 1 atom stereocenters. The molecule has 1 fully saturated rings. The van der Waals surface area contributed by atoms with Crippen LogP contribution in [0.5, 0.6) is 0 Å². The number of allylic oxidation sites excluding steroid dienone is 2. The number of hydrogen-bond acceptors (Lipinski definition) is 4. The second-order valence-electron chi connectivity index (χ2n) is 9.68. The van der Waals surface area contributed by atoms with Gasteiger partial charge in [-0.25, -0.2) is 0 Å². The van der Waals surface area contributed by atoms with Crippen LogP contribution in [0.4, 0.5) is 5.69 Å². The third kappa shape index (κ3) is 4.77. The van der Waals surface area contributed by atoms with Crippen molar-refractivity contribution in [2.24, 2.45) is 4.99 Å². The zero-order valence-electron chi connectivity index (χ0n) is 19.9. The van der Waals surface area contributed by atoms with E-state index in [1.807, 2.05) is 51.2 Å². The molecule has 2 aliphatic heterocycles. The van der Waals surface area contributed by atoms with E-state index in [9.17, 15) is 14.4 Å². The van der Waals surface area contributed by atoms with Gasteiger partial charge in [-0.2, -0.15) is 4.99 Å². The number of fused-ring (bicyclic) bond motifs is 1. The fourth-order valence-electron chi connectivity index (χ4n) is 4.98. The Balaban J connectivity index is 1.70. The predicted molar refractivity (Wildman–Crippen MR) is 129 cm³/mol. The van der Waals surface area contributed by atoms with Crippen molar-refractivity contribution in [1.82, 2.24) is 10.2 Å². The molecule has 7 heteroatoms. The molecule has 174 valence electrons. The monoisotopic (exact) mass is 448 g/mol. The molecule has 3 aliphatic rings. The number of anilines is 1. The first kappa shape index (κ1) is 23.0. The lowest BCUT2D eigenvalue weighted by Crippen LogP contribution is -2.62. The van der Waals surface area contributed by atoms with E-state index in [-0.39, 0.29) is 36.7 Å². The van der Waals surface area contributed by atoms with E-state index in [2.05, 4.69) is 10.3 Å². The third-order valence-electron chi connectivity index (χ3n) is 6.59. The fraction of sp³-hybridized carbons (Fsp3) is 0.462. The number of amidine groups is 1. The molecule has 1 N–H and O–H groups in total. The summed E-state index contributed by atoms with van der Waals surface area (Å²) in [7, 11) is 0. The second kappa shape index (κ2) is 8.96. The molecular formula is C26H32N4O3. The molecule has 33 heavy (non-hydrogen) atoms. The van der Waals surface area contributed by atoms with Gasteiger partial charge in [-0.15, -0.1) is 0 Å². The minimum Gasteiger partial charge on any atom is -0.352 e. The summed E-state index contributed by atoms with van der Waals surface area (Å²) < 4.78 is 0. The number of carbonyl (C=O) groups is 3. The summed E-state index contributed by atoms with van der Waals surface area (Å²) in [5, 5.41) is 3.09. The zero-order valence-corrected chi connectivity index (χ0v) is 19.9. The maximum atomic E-state index is 14.2. The van der Waals surface area contributed by atoms with Crippen molar-refractivity contribution in [3.8, 4) is 0 Å². The Bertz CT molecular complexity index is 1060. The predicted octanol–water partition coefficient (Wildman–Crippen LogP) is 3.56. The van der Waals surface area contributed by atoms with Gasteiger partial charge in [0.15, 0.2) is 0 Å². The van der Waals surface area contributed by atoms with Crippen LogP contribution in [0.3, 0.4) is 0 Å². The first-order valence-corrected chi connectivity index (χ1v) is 11.6. The van der Waals surface area contributed by atoms with Gasteiger partial charge in [-0.1, -0.05) is 25.0 Å². The number of aliphatic imine (C=N–C) groups is 1. The van der Waals surface area contributed by atoms with Gasteiger partial charge in [0.25, 0.3) is 11.8 Å². The maximum Gasteiger partial charge on any atom is 0.254 e. The number of hydrogen-bond donors (Lipinski definition) is 1. The number of nitrogens with zero attached hydrogens (tertiary/aromatic N) is 3. The summed E-state index contributed by atoms with van der Waals surface area (Å²) in [5.74, 6) is -0.373. The van der Waals surface area contributed by atoms with Crippen molar-refractivity contribution < 1.29 is 14.4 Å². The van der Waals surface area contributed by atoms with E-state index in [0.29, 0.717) is 11.5 Å². The van der Waals surface area contributed by atoms with Gasteiger partial charge < -0.3 is 15.1 Å². The number of benzene rings is 1. The van der Waals surface area contributed by atoms with Crippen molar-refractivity contribution in [2.45, 2.75) is 71.4 Å². The van der Waals surface area contributed by atoms with Crippen LogP contribution in [0.25, 0.3) is 0 Å². The van der Waals surface area contributed by atoms with E-state index in [1.54, 1.807) is 17.9 Å². The number of rotatable bonds is 5. The van der Waals surface area contributed by atoms with Crippen LogP contribution in [-0.4, -0.2) is 46.6 Å². The topological polar surface area (TPSA) is 82.1 Å². The molecule has 1 saturated carbocycles. The highest BCUT2D eigenvalue weighted by molar-refractivity contribution is 6.13. The van der Waals surface area contributed by atoms with Crippen LogP contribution in [0.15, 0.2) is 47.1 Å². The Morgan fingerprint density at radius 1 is 1.12 bits per heavy atom. The summed E-state index contributed by atoms with van der Waals surface area (Å²) in [6.07, 6.45) is 9.59. The van der Waals surface area contributed by atoms with Crippen molar-refractivity contribution >= 4 is 29.2 Å². The molecule has 4 rings (SSSR count). The Hall–Kier alpha value is -3.22. The molecule has 0 bridgehead atoms. The van der Waals surface area contributed by atoms with E-state index >= 15 is 0 Å². The van der Waals surface area contributed by atoms with Crippen LogP contribution < -0.4 is 10.2 Å². The van der Waals surface area contributed by atoms with Crippen molar-refractivity contribution in [3.63, 3.8) is 0 Å². The largest absolute Gasteiger partial charge is 0.352 e. The number of nitrogens with one attached hydrogen (secondary N) is 1.